The number of halogens is 3. The quantitative estimate of drug-likeness (QED) is 0.868. The summed E-state index contributed by atoms with van der Waals surface area (Å²) in [6, 6.07) is 9.24. The van der Waals surface area contributed by atoms with Gasteiger partial charge in [0.1, 0.15) is 11.6 Å². The first-order valence-corrected chi connectivity index (χ1v) is 5.41. The smallest absolute Gasteiger partial charge is 0.128 e. The Morgan fingerprint density at radius 2 is 1.65 bits per heavy atom. The molecule has 0 aliphatic heterocycles. The first kappa shape index (κ1) is 12.0. The SMILES string of the molecule is NC(c1ccc(Cl)cc1)c1cc(F)ccc1F. The summed E-state index contributed by atoms with van der Waals surface area (Å²) in [6.45, 7) is 0. The van der Waals surface area contributed by atoms with Crippen molar-refractivity contribution < 1.29 is 8.78 Å². The fourth-order valence-corrected chi connectivity index (χ4v) is 1.73. The molecule has 0 fully saturated rings. The lowest BCUT2D eigenvalue weighted by molar-refractivity contribution is 0.576. The first-order valence-electron chi connectivity index (χ1n) is 5.04. The van der Waals surface area contributed by atoms with Crippen LogP contribution in [0.5, 0.6) is 0 Å². The van der Waals surface area contributed by atoms with Crippen LogP contribution in [0.1, 0.15) is 17.2 Å². The lowest BCUT2D eigenvalue weighted by Gasteiger charge is -2.13. The summed E-state index contributed by atoms with van der Waals surface area (Å²) in [7, 11) is 0. The third kappa shape index (κ3) is 2.62. The van der Waals surface area contributed by atoms with E-state index in [1.165, 1.54) is 0 Å². The summed E-state index contributed by atoms with van der Waals surface area (Å²) >= 11 is 5.74. The second kappa shape index (κ2) is 4.82. The fourth-order valence-electron chi connectivity index (χ4n) is 1.60. The van der Waals surface area contributed by atoms with E-state index in [4.69, 9.17) is 17.3 Å². The summed E-state index contributed by atoms with van der Waals surface area (Å²) < 4.78 is 26.6. The van der Waals surface area contributed by atoms with Gasteiger partial charge in [-0.25, -0.2) is 8.78 Å². The Morgan fingerprint density at radius 1 is 1.00 bits per heavy atom. The van der Waals surface area contributed by atoms with E-state index in [0.717, 1.165) is 18.2 Å². The van der Waals surface area contributed by atoms with Crippen molar-refractivity contribution in [3.8, 4) is 0 Å². The number of benzene rings is 2. The molecule has 0 saturated carbocycles. The second-order valence-corrected chi connectivity index (χ2v) is 4.13. The first-order chi connectivity index (χ1) is 8.08. The van der Waals surface area contributed by atoms with E-state index in [1.54, 1.807) is 24.3 Å². The van der Waals surface area contributed by atoms with E-state index < -0.39 is 17.7 Å². The molecular weight excluding hydrogens is 244 g/mol. The highest BCUT2D eigenvalue weighted by atomic mass is 35.5. The maximum absolute atomic E-state index is 13.5. The minimum absolute atomic E-state index is 0.132. The third-order valence-electron chi connectivity index (χ3n) is 2.52. The van der Waals surface area contributed by atoms with E-state index >= 15 is 0 Å². The van der Waals surface area contributed by atoms with Gasteiger partial charge in [0.05, 0.1) is 6.04 Å². The lowest BCUT2D eigenvalue weighted by Crippen LogP contribution is -2.13. The van der Waals surface area contributed by atoms with Gasteiger partial charge in [-0.3, -0.25) is 0 Å². The van der Waals surface area contributed by atoms with Gasteiger partial charge < -0.3 is 5.73 Å². The molecule has 0 aromatic heterocycles. The Labute approximate surface area is 103 Å². The van der Waals surface area contributed by atoms with Crippen molar-refractivity contribution in [1.29, 1.82) is 0 Å². The lowest BCUT2D eigenvalue weighted by atomic mass is 9.99. The molecule has 4 heteroatoms. The molecule has 2 aromatic carbocycles. The normalized spacial score (nSPS) is 12.5. The van der Waals surface area contributed by atoms with Crippen LogP contribution < -0.4 is 5.73 Å². The van der Waals surface area contributed by atoms with Crippen LogP contribution in [0.2, 0.25) is 5.02 Å². The fraction of sp³-hybridized carbons (Fsp3) is 0.0769. The van der Waals surface area contributed by atoms with E-state index in [2.05, 4.69) is 0 Å². The molecule has 88 valence electrons. The molecule has 0 aliphatic carbocycles. The van der Waals surface area contributed by atoms with Crippen molar-refractivity contribution in [2.75, 3.05) is 0 Å². The molecule has 0 spiro atoms. The molecule has 2 aromatic rings. The van der Waals surface area contributed by atoms with E-state index in [-0.39, 0.29) is 5.56 Å². The van der Waals surface area contributed by atoms with E-state index in [1.807, 2.05) is 0 Å². The summed E-state index contributed by atoms with van der Waals surface area (Å²) in [6.07, 6.45) is 0. The maximum atomic E-state index is 13.5. The molecule has 2 N–H and O–H groups in total. The maximum Gasteiger partial charge on any atom is 0.128 e. The molecule has 0 bridgehead atoms. The minimum atomic E-state index is -0.706. The second-order valence-electron chi connectivity index (χ2n) is 3.70. The highest BCUT2D eigenvalue weighted by Gasteiger charge is 2.14. The largest absolute Gasteiger partial charge is 0.320 e. The van der Waals surface area contributed by atoms with Crippen LogP contribution in [0.25, 0.3) is 0 Å². The number of hydrogen-bond donors (Lipinski definition) is 1. The Kier molecular flexibility index (Phi) is 3.41. The zero-order valence-corrected chi connectivity index (χ0v) is 9.59. The predicted molar refractivity (Wildman–Crippen MR) is 63.8 cm³/mol. The Morgan fingerprint density at radius 3 is 2.29 bits per heavy atom. The summed E-state index contributed by atoms with van der Waals surface area (Å²) in [5.74, 6) is -1.03. The topological polar surface area (TPSA) is 26.0 Å². The van der Waals surface area contributed by atoms with Gasteiger partial charge >= 0.3 is 0 Å². The zero-order chi connectivity index (χ0) is 12.4. The van der Waals surface area contributed by atoms with Gasteiger partial charge in [-0.05, 0) is 35.9 Å². The number of hydrogen-bond acceptors (Lipinski definition) is 1. The molecule has 17 heavy (non-hydrogen) atoms. The van der Waals surface area contributed by atoms with Crippen molar-refractivity contribution in [2.24, 2.45) is 5.73 Å². The van der Waals surface area contributed by atoms with Gasteiger partial charge in [-0.1, -0.05) is 23.7 Å². The monoisotopic (exact) mass is 253 g/mol. The molecule has 0 radical (unpaired) electrons. The van der Waals surface area contributed by atoms with Crippen LogP contribution in [-0.4, -0.2) is 0 Å². The van der Waals surface area contributed by atoms with Gasteiger partial charge in [0, 0.05) is 10.6 Å². The molecular formula is C13H10ClF2N. The Balaban J connectivity index is 2.39. The predicted octanol–water partition coefficient (Wildman–Crippen LogP) is 3.67. The van der Waals surface area contributed by atoms with E-state index in [0.29, 0.717) is 10.6 Å². The number of rotatable bonds is 2. The van der Waals surface area contributed by atoms with Crippen LogP contribution in [0.3, 0.4) is 0 Å². The van der Waals surface area contributed by atoms with Gasteiger partial charge in [-0.15, -0.1) is 0 Å². The molecule has 2 rings (SSSR count). The molecule has 0 amide bonds. The van der Waals surface area contributed by atoms with Crippen molar-refractivity contribution in [1.82, 2.24) is 0 Å². The van der Waals surface area contributed by atoms with Crippen LogP contribution in [0.15, 0.2) is 42.5 Å². The van der Waals surface area contributed by atoms with E-state index in [9.17, 15) is 8.78 Å². The molecule has 1 nitrogen and oxygen atoms in total. The summed E-state index contributed by atoms with van der Waals surface area (Å²) in [5.41, 5.74) is 6.70. The number of nitrogens with two attached hydrogens (primary N) is 1. The van der Waals surface area contributed by atoms with Crippen LogP contribution in [0.4, 0.5) is 8.78 Å². The zero-order valence-electron chi connectivity index (χ0n) is 8.83. The molecule has 0 saturated heterocycles. The van der Waals surface area contributed by atoms with Gasteiger partial charge in [0.2, 0.25) is 0 Å². The highest BCUT2D eigenvalue weighted by Crippen LogP contribution is 2.24. The van der Waals surface area contributed by atoms with Gasteiger partial charge in [0.25, 0.3) is 0 Å². The Bertz CT molecular complexity index is 525. The van der Waals surface area contributed by atoms with Crippen molar-refractivity contribution in [3.63, 3.8) is 0 Å². The van der Waals surface area contributed by atoms with Crippen molar-refractivity contribution >= 4 is 11.6 Å². The van der Waals surface area contributed by atoms with Crippen molar-refractivity contribution in [2.45, 2.75) is 6.04 Å². The molecule has 1 atom stereocenters. The van der Waals surface area contributed by atoms with Gasteiger partial charge in [0.15, 0.2) is 0 Å². The molecule has 1 unspecified atom stereocenters. The molecule has 0 heterocycles. The third-order valence-corrected chi connectivity index (χ3v) is 2.77. The minimum Gasteiger partial charge on any atom is -0.320 e. The highest BCUT2D eigenvalue weighted by molar-refractivity contribution is 6.30. The average Bonchev–Trinajstić information content (AvgIpc) is 2.32. The Hall–Kier alpha value is -1.45. The summed E-state index contributed by atoms with van der Waals surface area (Å²) in [5, 5.41) is 0.570. The van der Waals surface area contributed by atoms with Gasteiger partial charge in [-0.2, -0.15) is 0 Å². The van der Waals surface area contributed by atoms with Crippen molar-refractivity contribution in [3.05, 3.63) is 70.2 Å². The van der Waals surface area contributed by atoms with Crippen LogP contribution in [0, 0.1) is 11.6 Å². The van der Waals surface area contributed by atoms with Crippen LogP contribution >= 0.6 is 11.6 Å². The standard InChI is InChI=1S/C13H10ClF2N/c14-9-3-1-8(2-4-9)13(17)11-7-10(15)5-6-12(11)16/h1-7,13H,17H2. The van der Waals surface area contributed by atoms with Crippen LogP contribution in [-0.2, 0) is 0 Å². The average molecular weight is 254 g/mol. The molecule has 0 aliphatic rings. The summed E-state index contributed by atoms with van der Waals surface area (Å²) in [4.78, 5) is 0.